The van der Waals surface area contributed by atoms with Gasteiger partial charge in [0.1, 0.15) is 11.6 Å². The molecule has 1 amide bonds. The van der Waals surface area contributed by atoms with Gasteiger partial charge in [0.25, 0.3) is 0 Å². The van der Waals surface area contributed by atoms with Crippen LogP contribution < -0.4 is 5.32 Å². The van der Waals surface area contributed by atoms with E-state index in [9.17, 15) is 13.6 Å². The lowest BCUT2D eigenvalue weighted by Gasteiger charge is -2.26. The molecule has 0 atom stereocenters. The molecule has 0 unspecified atom stereocenters. The Bertz CT molecular complexity index is 1150. The molecule has 1 saturated carbocycles. The summed E-state index contributed by atoms with van der Waals surface area (Å²) in [4.78, 5) is 12.5. The number of rotatable bonds is 6. The molecule has 34 heavy (non-hydrogen) atoms. The van der Waals surface area contributed by atoms with E-state index in [4.69, 9.17) is 0 Å². The zero-order chi connectivity index (χ0) is 24.3. The fourth-order valence-corrected chi connectivity index (χ4v) is 5.07. The van der Waals surface area contributed by atoms with Crippen LogP contribution in [0.15, 0.2) is 47.6 Å². The van der Waals surface area contributed by atoms with Crippen molar-refractivity contribution in [2.75, 3.05) is 11.1 Å². The molecule has 5 nitrogen and oxygen atoms in total. The molecule has 0 spiro atoms. The van der Waals surface area contributed by atoms with E-state index in [0.717, 1.165) is 49.2 Å². The lowest BCUT2D eigenvalue weighted by Crippen LogP contribution is -2.18. The van der Waals surface area contributed by atoms with E-state index < -0.39 is 11.6 Å². The maximum atomic E-state index is 13.9. The van der Waals surface area contributed by atoms with Crippen LogP contribution in [0.2, 0.25) is 0 Å². The molecule has 180 valence electrons. The quantitative estimate of drug-likeness (QED) is 0.393. The highest BCUT2D eigenvalue weighted by molar-refractivity contribution is 7.99. The van der Waals surface area contributed by atoms with Gasteiger partial charge in [0, 0.05) is 17.7 Å². The highest BCUT2D eigenvalue weighted by atomic mass is 32.2. The summed E-state index contributed by atoms with van der Waals surface area (Å²) in [5, 5.41) is 12.1. The van der Waals surface area contributed by atoms with Crippen LogP contribution in [0.25, 0.3) is 11.4 Å². The first-order valence-corrected chi connectivity index (χ1v) is 12.6. The maximum absolute atomic E-state index is 13.9. The summed E-state index contributed by atoms with van der Waals surface area (Å²) in [6.45, 7) is 6.55. The molecule has 0 bridgehead atoms. The van der Waals surface area contributed by atoms with Crippen LogP contribution in [0.1, 0.15) is 64.5 Å². The van der Waals surface area contributed by atoms with Crippen LogP contribution in [-0.2, 0) is 10.2 Å². The number of nitrogens with zero attached hydrogens (tertiary/aromatic N) is 3. The number of hydrogen-bond acceptors (Lipinski definition) is 4. The third kappa shape index (κ3) is 5.66. The Morgan fingerprint density at radius 2 is 1.76 bits per heavy atom. The van der Waals surface area contributed by atoms with E-state index >= 15 is 0 Å². The minimum atomic E-state index is -0.801. The van der Waals surface area contributed by atoms with E-state index in [1.807, 2.05) is 0 Å². The standard InChI is InChI=1S/C26H30F2N4OS/c1-26(2,3)18-11-9-17(10-12-18)24-30-31-25(32(24)20-7-5-4-6-8-20)34-16-23(33)29-22-14-13-19(27)15-21(22)28/h9-15,20H,4-8,16H2,1-3H3,(H,29,33). The van der Waals surface area contributed by atoms with Gasteiger partial charge in [-0.1, -0.05) is 76.1 Å². The Morgan fingerprint density at radius 3 is 2.41 bits per heavy atom. The van der Waals surface area contributed by atoms with Crippen molar-refractivity contribution >= 4 is 23.4 Å². The Hall–Kier alpha value is -2.74. The number of carbonyl (C=O) groups excluding carboxylic acids is 1. The van der Waals surface area contributed by atoms with Crippen LogP contribution in [0.5, 0.6) is 0 Å². The summed E-state index contributed by atoms with van der Waals surface area (Å²) in [7, 11) is 0. The minimum absolute atomic E-state index is 0.0413. The van der Waals surface area contributed by atoms with Crippen molar-refractivity contribution in [1.29, 1.82) is 0 Å². The largest absolute Gasteiger partial charge is 0.323 e. The average Bonchev–Trinajstić information content (AvgIpc) is 3.24. The number of hydrogen-bond donors (Lipinski definition) is 1. The lowest BCUT2D eigenvalue weighted by atomic mass is 9.86. The molecule has 1 N–H and O–H groups in total. The highest BCUT2D eigenvalue weighted by Gasteiger charge is 2.25. The second kappa shape index (κ2) is 10.3. The molecule has 1 heterocycles. The van der Waals surface area contributed by atoms with Crippen molar-refractivity contribution in [2.24, 2.45) is 0 Å². The van der Waals surface area contributed by atoms with Crippen molar-refractivity contribution in [3.63, 3.8) is 0 Å². The zero-order valence-corrected chi connectivity index (χ0v) is 20.6. The molecular weight excluding hydrogens is 454 g/mol. The van der Waals surface area contributed by atoms with Gasteiger partial charge in [-0.25, -0.2) is 8.78 Å². The molecule has 8 heteroatoms. The summed E-state index contributed by atoms with van der Waals surface area (Å²) >= 11 is 1.28. The highest BCUT2D eigenvalue weighted by Crippen LogP contribution is 2.36. The van der Waals surface area contributed by atoms with Crippen molar-refractivity contribution in [1.82, 2.24) is 14.8 Å². The summed E-state index contributed by atoms with van der Waals surface area (Å²) in [5.74, 6) is -1.02. The number of anilines is 1. The maximum Gasteiger partial charge on any atom is 0.234 e. The molecule has 0 saturated heterocycles. The van der Waals surface area contributed by atoms with Gasteiger partial charge in [0.2, 0.25) is 5.91 Å². The molecule has 0 radical (unpaired) electrons. The summed E-state index contributed by atoms with van der Waals surface area (Å²) in [5.41, 5.74) is 2.27. The van der Waals surface area contributed by atoms with Crippen molar-refractivity contribution < 1.29 is 13.6 Å². The van der Waals surface area contributed by atoms with Gasteiger partial charge in [-0.15, -0.1) is 10.2 Å². The first-order valence-electron chi connectivity index (χ1n) is 11.7. The smallest absolute Gasteiger partial charge is 0.234 e. The zero-order valence-electron chi connectivity index (χ0n) is 19.8. The molecule has 1 aliphatic rings. The second-order valence-corrected chi connectivity index (χ2v) is 10.7. The summed E-state index contributed by atoms with van der Waals surface area (Å²) < 4.78 is 29.2. The number of aromatic nitrogens is 3. The van der Waals surface area contributed by atoms with Gasteiger partial charge in [-0.3, -0.25) is 9.36 Å². The number of nitrogens with one attached hydrogen (secondary N) is 1. The fraction of sp³-hybridized carbons (Fsp3) is 0.423. The molecule has 0 aliphatic heterocycles. The predicted molar refractivity (Wildman–Crippen MR) is 132 cm³/mol. The molecule has 4 rings (SSSR count). The monoisotopic (exact) mass is 484 g/mol. The molecular formula is C26H30F2N4OS. The average molecular weight is 485 g/mol. The number of carbonyl (C=O) groups is 1. The van der Waals surface area contributed by atoms with Crippen molar-refractivity contribution in [3.05, 3.63) is 59.7 Å². The van der Waals surface area contributed by atoms with Gasteiger partial charge in [0.15, 0.2) is 11.0 Å². The Morgan fingerprint density at radius 1 is 1.06 bits per heavy atom. The first kappa shape index (κ1) is 24.4. The number of thioether (sulfide) groups is 1. The molecule has 2 aromatic carbocycles. The molecule has 1 aromatic heterocycles. The topological polar surface area (TPSA) is 59.8 Å². The predicted octanol–water partition coefficient (Wildman–Crippen LogP) is 6.76. The number of amides is 1. The second-order valence-electron chi connectivity index (χ2n) is 9.76. The van der Waals surface area contributed by atoms with Crippen LogP contribution in [0, 0.1) is 11.6 Å². The van der Waals surface area contributed by atoms with E-state index in [-0.39, 0.29) is 28.8 Å². The number of halogens is 2. The van der Waals surface area contributed by atoms with E-state index in [0.29, 0.717) is 5.16 Å². The number of benzene rings is 2. The first-order chi connectivity index (χ1) is 16.2. The fourth-order valence-electron chi connectivity index (χ4n) is 4.27. The Balaban J connectivity index is 1.55. The van der Waals surface area contributed by atoms with Crippen LogP contribution in [0.4, 0.5) is 14.5 Å². The SMILES string of the molecule is CC(C)(C)c1ccc(-c2nnc(SCC(=O)Nc3ccc(F)cc3F)n2C2CCCCC2)cc1. The summed E-state index contributed by atoms with van der Waals surface area (Å²) in [6.07, 6.45) is 5.62. The van der Waals surface area contributed by atoms with Crippen LogP contribution >= 0.6 is 11.8 Å². The lowest BCUT2D eigenvalue weighted by molar-refractivity contribution is -0.113. The Labute approximate surface area is 203 Å². The van der Waals surface area contributed by atoms with E-state index in [1.165, 1.54) is 29.8 Å². The van der Waals surface area contributed by atoms with Gasteiger partial charge < -0.3 is 5.32 Å². The van der Waals surface area contributed by atoms with Crippen LogP contribution in [-0.4, -0.2) is 26.4 Å². The molecule has 1 aliphatic carbocycles. The van der Waals surface area contributed by atoms with Gasteiger partial charge in [0.05, 0.1) is 11.4 Å². The van der Waals surface area contributed by atoms with Gasteiger partial charge in [-0.05, 0) is 36.0 Å². The normalized spacial score (nSPS) is 14.9. The van der Waals surface area contributed by atoms with Crippen molar-refractivity contribution in [3.8, 4) is 11.4 Å². The van der Waals surface area contributed by atoms with Gasteiger partial charge >= 0.3 is 0 Å². The third-order valence-electron chi connectivity index (χ3n) is 6.15. The van der Waals surface area contributed by atoms with E-state index in [2.05, 4.69) is 65.1 Å². The molecule has 3 aromatic rings. The van der Waals surface area contributed by atoms with Gasteiger partial charge in [-0.2, -0.15) is 0 Å². The van der Waals surface area contributed by atoms with E-state index in [1.54, 1.807) is 0 Å². The summed E-state index contributed by atoms with van der Waals surface area (Å²) in [6, 6.07) is 11.8. The minimum Gasteiger partial charge on any atom is -0.323 e. The Kier molecular flexibility index (Phi) is 7.36. The van der Waals surface area contributed by atoms with Crippen molar-refractivity contribution in [2.45, 2.75) is 69.5 Å². The molecule has 1 fully saturated rings. The van der Waals surface area contributed by atoms with Crippen LogP contribution in [0.3, 0.4) is 0 Å². The third-order valence-corrected chi connectivity index (χ3v) is 7.09.